The van der Waals surface area contributed by atoms with Gasteiger partial charge >= 0.3 is 12.1 Å². The van der Waals surface area contributed by atoms with Crippen LogP contribution in [0.2, 0.25) is 0 Å². The van der Waals surface area contributed by atoms with Crippen molar-refractivity contribution < 1.29 is 33.3 Å². The molecule has 8 nitrogen and oxygen atoms in total. The Morgan fingerprint density at radius 2 is 1.87 bits per heavy atom. The van der Waals surface area contributed by atoms with E-state index in [0.717, 1.165) is 19.3 Å². The number of amides is 1. The molecule has 2 aliphatic heterocycles. The summed E-state index contributed by atoms with van der Waals surface area (Å²) >= 11 is 0. The summed E-state index contributed by atoms with van der Waals surface area (Å²) in [6.07, 6.45) is 7.78. The fourth-order valence-electron chi connectivity index (χ4n) is 5.45. The molecule has 170 valence electrons. The molecule has 0 aromatic rings. The SMILES string of the molecule is COC1CC2(CCC1OC(=O)NC1CCCCC1)OC2C1(C)OC1CCOC(C)=O. The number of carbonyl (C=O) groups is 2. The van der Waals surface area contributed by atoms with Crippen LogP contribution < -0.4 is 5.32 Å². The predicted molar refractivity (Wildman–Crippen MR) is 107 cm³/mol. The summed E-state index contributed by atoms with van der Waals surface area (Å²) in [5.41, 5.74) is -0.615. The number of ether oxygens (including phenoxy) is 5. The van der Waals surface area contributed by atoms with E-state index in [0.29, 0.717) is 25.9 Å². The Labute approximate surface area is 178 Å². The van der Waals surface area contributed by atoms with Gasteiger partial charge in [-0.25, -0.2) is 4.79 Å². The van der Waals surface area contributed by atoms with Gasteiger partial charge in [-0.2, -0.15) is 0 Å². The van der Waals surface area contributed by atoms with Gasteiger partial charge in [0.05, 0.1) is 18.8 Å². The molecule has 8 heteroatoms. The van der Waals surface area contributed by atoms with E-state index >= 15 is 0 Å². The summed E-state index contributed by atoms with van der Waals surface area (Å²) < 4.78 is 28.6. The number of esters is 1. The lowest BCUT2D eigenvalue weighted by atomic mass is 9.79. The van der Waals surface area contributed by atoms with Gasteiger partial charge in [0.1, 0.15) is 23.4 Å². The van der Waals surface area contributed by atoms with Crippen molar-refractivity contribution in [2.45, 2.75) is 113 Å². The molecule has 0 aromatic heterocycles. The minimum atomic E-state index is -0.343. The zero-order valence-electron chi connectivity index (χ0n) is 18.3. The van der Waals surface area contributed by atoms with E-state index in [1.54, 1.807) is 7.11 Å². The summed E-state index contributed by atoms with van der Waals surface area (Å²) in [5.74, 6) is -0.273. The van der Waals surface area contributed by atoms with E-state index in [1.807, 2.05) is 0 Å². The van der Waals surface area contributed by atoms with Gasteiger partial charge in [-0.15, -0.1) is 0 Å². The average molecular weight is 426 g/mol. The molecule has 2 saturated carbocycles. The maximum absolute atomic E-state index is 12.4. The highest BCUT2D eigenvalue weighted by Gasteiger charge is 2.74. The third-order valence-electron chi connectivity index (χ3n) is 7.26. The van der Waals surface area contributed by atoms with Crippen molar-refractivity contribution in [2.75, 3.05) is 13.7 Å². The highest BCUT2D eigenvalue weighted by molar-refractivity contribution is 5.68. The lowest BCUT2D eigenvalue weighted by Crippen LogP contribution is -2.46. The van der Waals surface area contributed by atoms with Crippen molar-refractivity contribution >= 4 is 12.1 Å². The third kappa shape index (κ3) is 4.60. The van der Waals surface area contributed by atoms with Crippen LogP contribution in [0.5, 0.6) is 0 Å². The molecule has 1 amide bonds. The van der Waals surface area contributed by atoms with Crippen molar-refractivity contribution in [3.63, 3.8) is 0 Å². The Morgan fingerprint density at radius 1 is 1.10 bits per heavy atom. The molecule has 1 spiro atoms. The topological polar surface area (TPSA) is 98.9 Å². The Bertz CT molecular complexity index is 651. The lowest BCUT2D eigenvalue weighted by Gasteiger charge is -2.34. The smallest absolute Gasteiger partial charge is 0.407 e. The number of hydrogen-bond acceptors (Lipinski definition) is 7. The molecule has 0 bridgehead atoms. The second-order valence-electron chi connectivity index (χ2n) is 9.42. The lowest BCUT2D eigenvalue weighted by molar-refractivity contribution is -0.141. The molecule has 2 heterocycles. The molecule has 2 saturated heterocycles. The van der Waals surface area contributed by atoms with Crippen LogP contribution in [0, 0.1) is 0 Å². The largest absolute Gasteiger partial charge is 0.466 e. The second kappa shape index (κ2) is 8.63. The standard InChI is InChI=1S/C22H35NO7/c1-14(24)27-12-10-18-21(2,29-18)19-22(30-19)11-9-16(17(13-22)26-3)28-20(25)23-15-7-5-4-6-8-15/h15-19H,4-13H2,1-3H3,(H,23,25). The number of carbonyl (C=O) groups excluding carboxylic acids is 2. The van der Waals surface area contributed by atoms with Gasteiger partial charge in [0.25, 0.3) is 0 Å². The molecule has 6 atom stereocenters. The molecule has 2 aliphatic carbocycles. The van der Waals surface area contributed by atoms with Crippen LogP contribution in [-0.4, -0.2) is 67.4 Å². The number of nitrogens with one attached hydrogen (secondary N) is 1. The van der Waals surface area contributed by atoms with Crippen LogP contribution in [0.15, 0.2) is 0 Å². The quantitative estimate of drug-likeness (QED) is 0.495. The average Bonchev–Trinajstić information content (AvgIpc) is 3.60. The first-order chi connectivity index (χ1) is 14.4. The zero-order valence-corrected chi connectivity index (χ0v) is 18.3. The zero-order chi connectivity index (χ0) is 21.4. The molecule has 4 rings (SSSR count). The van der Waals surface area contributed by atoms with E-state index in [4.69, 9.17) is 23.7 Å². The van der Waals surface area contributed by atoms with Crippen LogP contribution >= 0.6 is 0 Å². The molecule has 4 aliphatic rings. The van der Waals surface area contributed by atoms with Crippen molar-refractivity contribution in [2.24, 2.45) is 0 Å². The minimum absolute atomic E-state index is 0.00185. The van der Waals surface area contributed by atoms with Gasteiger partial charge in [0, 0.05) is 32.9 Å². The number of methoxy groups -OCH3 is 1. The molecular weight excluding hydrogens is 390 g/mol. The number of rotatable bonds is 7. The Balaban J connectivity index is 1.25. The van der Waals surface area contributed by atoms with E-state index in [2.05, 4.69) is 12.2 Å². The van der Waals surface area contributed by atoms with E-state index < -0.39 is 0 Å². The summed E-state index contributed by atoms with van der Waals surface area (Å²) in [5, 5.41) is 3.02. The first-order valence-corrected chi connectivity index (χ1v) is 11.4. The number of alkyl carbamates (subject to hydrolysis) is 1. The van der Waals surface area contributed by atoms with Crippen LogP contribution in [-0.2, 0) is 28.5 Å². The summed E-state index contributed by atoms with van der Waals surface area (Å²) in [4.78, 5) is 23.3. The van der Waals surface area contributed by atoms with Crippen molar-refractivity contribution in [3.05, 3.63) is 0 Å². The minimum Gasteiger partial charge on any atom is -0.466 e. The van der Waals surface area contributed by atoms with Gasteiger partial charge < -0.3 is 29.0 Å². The maximum atomic E-state index is 12.4. The van der Waals surface area contributed by atoms with Crippen molar-refractivity contribution in [3.8, 4) is 0 Å². The van der Waals surface area contributed by atoms with E-state index in [-0.39, 0.29) is 53.7 Å². The second-order valence-corrected chi connectivity index (χ2v) is 9.42. The van der Waals surface area contributed by atoms with E-state index in [9.17, 15) is 9.59 Å². The molecule has 1 N–H and O–H groups in total. The summed E-state index contributed by atoms with van der Waals surface area (Å²) in [6.45, 7) is 3.83. The van der Waals surface area contributed by atoms with Crippen LogP contribution in [0.3, 0.4) is 0 Å². The predicted octanol–water partition coefficient (Wildman–Crippen LogP) is 2.86. The summed E-state index contributed by atoms with van der Waals surface area (Å²) in [6, 6.07) is 0.231. The van der Waals surface area contributed by atoms with E-state index in [1.165, 1.54) is 26.2 Å². The molecule has 30 heavy (non-hydrogen) atoms. The Morgan fingerprint density at radius 3 is 2.57 bits per heavy atom. The van der Waals surface area contributed by atoms with Crippen LogP contribution in [0.25, 0.3) is 0 Å². The molecule has 0 radical (unpaired) electrons. The third-order valence-corrected chi connectivity index (χ3v) is 7.26. The van der Waals surface area contributed by atoms with Crippen molar-refractivity contribution in [1.29, 1.82) is 0 Å². The van der Waals surface area contributed by atoms with Gasteiger partial charge in [0.15, 0.2) is 0 Å². The van der Waals surface area contributed by atoms with Gasteiger partial charge in [-0.05, 0) is 32.6 Å². The fourth-order valence-corrected chi connectivity index (χ4v) is 5.45. The highest BCUT2D eigenvalue weighted by atomic mass is 16.7. The number of epoxide rings is 2. The van der Waals surface area contributed by atoms with Gasteiger partial charge in [-0.3, -0.25) is 4.79 Å². The molecule has 6 unspecified atom stereocenters. The maximum Gasteiger partial charge on any atom is 0.407 e. The fraction of sp³-hybridized carbons (Fsp3) is 0.909. The Hall–Kier alpha value is -1.38. The van der Waals surface area contributed by atoms with Gasteiger partial charge in [-0.1, -0.05) is 19.3 Å². The summed E-state index contributed by atoms with van der Waals surface area (Å²) in [7, 11) is 1.66. The first kappa shape index (κ1) is 21.8. The number of hydrogen-bond donors (Lipinski definition) is 1. The molecular formula is C22H35NO7. The Kier molecular flexibility index (Phi) is 6.28. The van der Waals surface area contributed by atoms with Crippen molar-refractivity contribution in [1.82, 2.24) is 5.32 Å². The molecule has 0 aromatic carbocycles. The first-order valence-electron chi connectivity index (χ1n) is 11.4. The van der Waals surface area contributed by atoms with Gasteiger partial charge in [0.2, 0.25) is 0 Å². The highest BCUT2D eigenvalue weighted by Crippen LogP contribution is 2.60. The molecule has 4 fully saturated rings. The normalized spacial score (nSPS) is 40.6. The van der Waals surface area contributed by atoms with Crippen LogP contribution in [0.4, 0.5) is 4.79 Å². The monoisotopic (exact) mass is 425 g/mol. The van der Waals surface area contributed by atoms with Crippen LogP contribution in [0.1, 0.15) is 71.6 Å².